The van der Waals surface area contributed by atoms with Crippen LogP contribution in [0.25, 0.3) is 11.5 Å². The van der Waals surface area contributed by atoms with E-state index in [9.17, 15) is 12.8 Å². The number of halogens is 1. The first-order valence-electron chi connectivity index (χ1n) is 4.96. The van der Waals surface area contributed by atoms with Gasteiger partial charge >= 0.3 is 0 Å². The number of hydrogen-bond donors (Lipinski definition) is 0. The van der Waals surface area contributed by atoms with Crippen LogP contribution in [0, 0.1) is 5.82 Å². The van der Waals surface area contributed by atoms with Crippen LogP contribution in [0.2, 0.25) is 0 Å². The van der Waals surface area contributed by atoms with Gasteiger partial charge in [0.05, 0.1) is 12.7 Å². The van der Waals surface area contributed by atoms with E-state index in [1.165, 1.54) is 11.8 Å². The summed E-state index contributed by atoms with van der Waals surface area (Å²) in [5.41, 5.74) is -0.0327. The van der Waals surface area contributed by atoms with E-state index < -0.39 is 15.9 Å². The number of aromatic nitrogens is 2. The summed E-state index contributed by atoms with van der Waals surface area (Å²) in [4.78, 5) is -0.229. The van der Waals surface area contributed by atoms with Crippen molar-refractivity contribution in [3.8, 4) is 11.5 Å². The van der Waals surface area contributed by atoms with Gasteiger partial charge in [0.25, 0.3) is 15.3 Å². The summed E-state index contributed by atoms with van der Waals surface area (Å²) in [6.45, 7) is 0. The first-order chi connectivity index (χ1) is 8.97. The standard InChI is InChI=1S/C10H9FN2O4S2/c1-16-19(14,15)8-4-3-6(11)5-7(8)9-12-13-10(17-9)18-2/h3-5H,1-2H3. The lowest BCUT2D eigenvalue weighted by Gasteiger charge is -2.05. The molecular weight excluding hydrogens is 295 g/mol. The molecule has 1 aromatic carbocycles. The molecule has 0 N–H and O–H groups in total. The van der Waals surface area contributed by atoms with Crippen molar-refractivity contribution in [1.82, 2.24) is 10.2 Å². The van der Waals surface area contributed by atoms with Crippen LogP contribution < -0.4 is 0 Å². The van der Waals surface area contributed by atoms with Crippen molar-refractivity contribution in [2.75, 3.05) is 13.4 Å². The predicted octanol–water partition coefficient (Wildman–Crippen LogP) is 1.93. The Balaban J connectivity index is 2.64. The highest BCUT2D eigenvalue weighted by Crippen LogP contribution is 2.29. The molecule has 0 aliphatic rings. The number of benzene rings is 1. The molecule has 6 nitrogen and oxygen atoms in total. The molecule has 0 bridgehead atoms. The molecule has 9 heteroatoms. The summed E-state index contributed by atoms with van der Waals surface area (Å²) in [6.07, 6.45) is 1.72. The van der Waals surface area contributed by atoms with Crippen LogP contribution in [0.4, 0.5) is 4.39 Å². The predicted molar refractivity (Wildman–Crippen MR) is 65.7 cm³/mol. The molecule has 0 aliphatic carbocycles. The van der Waals surface area contributed by atoms with Crippen molar-refractivity contribution in [3.63, 3.8) is 0 Å². The molecule has 102 valence electrons. The van der Waals surface area contributed by atoms with Crippen molar-refractivity contribution in [2.24, 2.45) is 0 Å². The van der Waals surface area contributed by atoms with Gasteiger partial charge in [-0.3, -0.25) is 4.18 Å². The average molecular weight is 304 g/mol. The van der Waals surface area contributed by atoms with Crippen molar-refractivity contribution >= 4 is 21.9 Å². The molecule has 0 aliphatic heterocycles. The number of hydrogen-bond acceptors (Lipinski definition) is 7. The van der Waals surface area contributed by atoms with Gasteiger partial charge in [-0.2, -0.15) is 8.42 Å². The number of thioether (sulfide) groups is 1. The molecule has 0 radical (unpaired) electrons. The van der Waals surface area contributed by atoms with E-state index in [4.69, 9.17) is 4.42 Å². The highest BCUT2D eigenvalue weighted by molar-refractivity contribution is 7.98. The van der Waals surface area contributed by atoms with Gasteiger partial charge in [-0.25, -0.2) is 4.39 Å². The zero-order valence-electron chi connectivity index (χ0n) is 9.95. The van der Waals surface area contributed by atoms with Crippen LogP contribution in [-0.4, -0.2) is 32.0 Å². The molecule has 19 heavy (non-hydrogen) atoms. The van der Waals surface area contributed by atoms with Crippen molar-refractivity contribution in [1.29, 1.82) is 0 Å². The molecule has 0 spiro atoms. The van der Waals surface area contributed by atoms with Gasteiger partial charge in [-0.05, 0) is 24.5 Å². The third-order valence-corrected chi connectivity index (χ3v) is 4.09. The summed E-state index contributed by atoms with van der Waals surface area (Å²) >= 11 is 1.19. The first kappa shape index (κ1) is 14.0. The molecular formula is C10H9FN2O4S2. The third-order valence-electron chi connectivity index (χ3n) is 2.24. The van der Waals surface area contributed by atoms with Crippen LogP contribution >= 0.6 is 11.8 Å². The second-order valence-corrected chi connectivity index (χ2v) is 5.78. The Bertz CT molecular complexity index is 699. The Morgan fingerprint density at radius 2 is 2.11 bits per heavy atom. The van der Waals surface area contributed by atoms with E-state index in [1.54, 1.807) is 6.26 Å². The molecule has 0 amide bonds. The molecule has 1 heterocycles. The fraction of sp³-hybridized carbons (Fsp3) is 0.200. The fourth-order valence-electron chi connectivity index (χ4n) is 1.38. The van der Waals surface area contributed by atoms with Gasteiger partial charge in [0.2, 0.25) is 5.89 Å². The number of rotatable bonds is 4. The smallest absolute Gasteiger partial charge is 0.297 e. The lowest BCUT2D eigenvalue weighted by atomic mass is 10.2. The minimum absolute atomic E-state index is 0.0327. The van der Waals surface area contributed by atoms with E-state index in [0.29, 0.717) is 0 Å². The SMILES string of the molecule is COS(=O)(=O)c1ccc(F)cc1-c1nnc(SC)o1. The summed E-state index contributed by atoms with van der Waals surface area (Å²) in [7, 11) is -2.97. The van der Waals surface area contributed by atoms with Gasteiger partial charge < -0.3 is 4.42 Å². The fourth-order valence-corrected chi connectivity index (χ4v) is 2.49. The normalized spacial score (nSPS) is 11.7. The van der Waals surface area contributed by atoms with Crippen LogP contribution in [0.5, 0.6) is 0 Å². The summed E-state index contributed by atoms with van der Waals surface area (Å²) in [5, 5.41) is 7.61. The zero-order valence-corrected chi connectivity index (χ0v) is 11.6. The van der Waals surface area contributed by atoms with Gasteiger partial charge in [-0.15, -0.1) is 10.2 Å². The minimum atomic E-state index is -3.99. The summed E-state index contributed by atoms with van der Waals surface area (Å²) in [5.74, 6) is -0.701. The Labute approximate surface area is 113 Å². The van der Waals surface area contributed by atoms with Crippen LogP contribution in [-0.2, 0) is 14.3 Å². The van der Waals surface area contributed by atoms with Gasteiger partial charge in [0.15, 0.2) is 0 Å². The van der Waals surface area contributed by atoms with E-state index in [0.717, 1.165) is 25.3 Å². The molecule has 0 atom stereocenters. The molecule has 0 unspecified atom stereocenters. The van der Waals surface area contributed by atoms with Crippen LogP contribution in [0.3, 0.4) is 0 Å². The molecule has 0 fully saturated rings. The quantitative estimate of drug-likeness (QED) is 0.630. The molecule has 2 rings (SSSR count). The second-order valence-electron chi connectivity index (χ2n) is 3.34. The lowest BCUT2D eigenvalue weighted by molar-refractivity contribution is 0.397. The molecule has 0 saturated heterocycles. The Morgan fingerprint density at radius 1 is 1.37 bits per heavy atom. The second kappa shape index (κ2) is 5.27. The van der Waals surface area contributed by atoms with E-state index >= 15 is 0 Å². The van der Waals surface area contributed by atoms with E-state index in [1.807, 2.05) is 0 Å². The summed E-state index contributed by atoms with van der Waals surface area (Å²) in [6, 6.07) is 3.11. The maximum Gasteiger partial charge on any atom is 0.297 e. The third kappa shape index (κ3) is 2.77. The molecule has 2 aromatic rings. The maximum absolute atomic E-state index is 13.3. The molecule has 1 aromatic heterocycles. The molecule has 0 saturated carbocycles. The van der Waals surface area contributed by atoms with Gasteiger partial charge in [0, 0.05) is 0 Å². The zero-order chi connectivity index (χ0) is 14.0. The highest BCUT2D eigenvalue weighted by Gasteiger charge is 2.23. The monoisotopic (exact) mass is 304 g/mol. The average Bonchev–Trinajstić information content (AvgIpc) is 2.87. The van der Waals surface area contributed by atoms with Gasteiger partial charge in [0.1, 0.15) is 10.7 Å². The lowest BCUT2D eigenvalue weighted by Crippen LogP contribution is -2.05. The first-order valence-corrected chi connectivity index (χ1v) is 7.59. The van der Waals surface area contributed by atoms with E-state index in [2.05, 4.69) is 14.4 Å². The Morgan fingerprint density at radius 3 is 2.68 bits per heavy atom. The highest BCUT2D eigenvalue weighted by atomic mass is 32.2. The summed E-state index contributed by atoms with van der Waals surface area (Å²) < 4.78 is 46.4. The topological polar surface area (TPSA) is 82.3 Å². The Kier molecular flexibility index (Phi) is 3.88. The van der Waals surface area contributed by atoms with Crippen molar-refractivity contribution in [3.05, 3.63) is 24.0 Å². The number of nitrogens with zero attached hydrogens (tertiary/aromatic N) is 2. The van der Waals surface area contributed by atoms with Crippen molar-refractivity contribution in [2.45, 2.75) is 10.1 Å². The van der Waals surface area contributed by atoms with Crippen LogP contribution in [0.15, 0.2) is 32.7 Å². The minimum Gasteiger partial charge on any atom is -0.411 e. The van der Waals surface area contributed by atoms with Gasteiger partial charge in [-0.1, -0.05) is 11.8 Å². The maximum atomic E-state index is 13.3. The van der Waals surface area contributed by atoms with E-state index in [-0.39, 0.29) is 21.6 Å². The van der Waals surface area contributed by atoms with Crippen LogP contribution in [0.1, 0.15) is 0 Å². The Hall–Kier alpha value is -1.45. The largest absolute Gasteiger partial charge is 0.411 e. The van der Waals surface area contributed by atoms with Crippen molar-refractivity contribution < 1.29 is 21.4 Å².